The largest absolute Gasteiger partial charge is 0.364 e. The maximum Gasteiger partial charge on any atom is 0.364 e. The Morgan fingerprint density at radius 2 is 1.50 bits per heavy atom. The zero-order chi connectivity index (χ0) is 18.7. The highest BCUT2D eigenvalue weighted by molar-refractivity contribution is 5.80. The normalized spacial score (nSPS) is 10.9. The van der Waals surface area contributed by atoms with E-state index in [1.807, 2.05) is 0 Å². The number of non-ortho nitro benzene ring substituents is 2. The van der Waals surface area contributed by atoms with E-state index in [0.29, 0.717) is 11.1 Å². The summed E-state index contributed by atoms with van der Waals surface area (Å²) in [6.07, 6.45) is 1.34. The van der Waals surface area contributed by atoms with Crippen LogP contribution in [-0.2, 0) is 0 Å². The van der Waals surface area contributed by atoms with Crippen molar-refractivity contribution in [2.45, 2.75) is 0 Å². The summed E-state index contributed by atoms with van der Waals surface area (Å²) in [5.74, 6) is 0.169. The van der Waals surface area contributed by atoms with Gasteiger partial charge in [0, 0.05) is 29.8 Å². The molecule has 3 rings (SSSR count). The van der Waals surface area contributed by atoms with E-state index in [0.717, 1.165) is 4.68 Å². The summed E-state index contributed by atoms with van der Waals surface area (Å²) >= 11 is 0. The lowest BCUT2D eigenvalue weighted by atomic mass is 10.2. The van der Waals surface area contributed by atoms with E-state index in [4.69, 9.17) is 0 Å². The molecule has 1 aromatic heterocycles. The van der Waals surface area contributed by atoms with E-state index in [-0.39, 0.29) is 17.2 Å². The van der Waals surface area contributed by atoms with Gasteiger partial charge in [0.15, 0.2) is 5.82 Å². The van der Waals surface area contributed by atoms with Crippen LogP contribution in [0.4, 0.5) is 11.4 Å². The van der Waals surface area contributed by atoms with Gasteiger partial charge in [-0.05, 0) is 29.8 Å². The van der Waals surface area contributed by atoms with Crippen molar-refractivity contribution in [3.8, 4) is 11.4 Å². The fraction of sp³-hybridized carbons (Fsp3) is 0. The molecule has 2 aromatic carbocycles. The third-order valence-corrected chi connectivity index (χ3v) is 3.41. The number of H-pyrrole nitrogens is 1. The van der Waals surface area contributed by atoms with Gasteiger partial charge in [0.25, 0.3) is 11.4 Å². The van der Waals surface area contributed by atoms with E-state index in [2.05, 4.69) is 15.3 Å². The fourth-order valence-electron chi connectivity index (χ4n) is 2.12. The Kier molecular flexibility index (Phi) is 4.34. The summed E-state index contributed by atoms with van der Waals surface area (Å²) in [4.78, 5) is 32.2. The maximum absolute atomic E-state index is 11.9. The van der Waals surface area contributed by atoms with E-state index in [1.165, 1.54) is 54.7 Å². The van der Waals surface area contributed by atoms with E-state index < -0.39 is 15.5 Å². The number of nitro groups is 2. The van der Waals surface area contributed by atoms with Crippen molar-refractivity contribution in [3.05, 3.63) is 84.8 Å². The van der Waals surface area contributed by atoms with Gasteiger partial charge in [-0.15, -0.1) is 0 Å². The zero-order valence-corrected chi connectivity index (χ0v) is 13.0. The summed E-state index contributed by atoms with van der Waals surface area (Å²) in [6, 6.07) is 11.1. The minimum Gasteiger partial charge on any atom is -0.258 e. The number of rotatable bonds is 5. The highest BCUT2D eigenvalue weighted by Gasteiger charge is 2.12. The number of nitrogens with zero attached hydrogens (tertiary/aromatic N) is 5. The summed E-state index contributed by atoms with van der Waals surface area (Å²) in [5, 5.41) is 31.5. The molecule has 0 atom stereocenters. The monoisotopic (exact) mass is 354 g/mol. The summed E-state index contributed by atoms with van der Waals surface area (Å²) in [5.41, 5.74) is 0.242. The quantitative estimate of drug-likeness (QED) is 0.420. The molecule has 0 saturated carbocycles. The van der Waals surface area contributed by atoms with Crippen molar-refractivity contribution in [2.75, 3.05) is 0 Å². The van der Waals surface area contributed by atoms with Gasteiger partial charge in [0.2, 0.25) is 0 Å². The minimum absolute atomic E-state index is 0.0609. The Balaban J connectivity index is 1.91. The predicted molar refractivity (Wildman–Crippen MR) is 91.0 cm³/mol. The Morgan fingerprint density at radius 1 is 0.962 bits per heavy atom. The Hall–Kier alpha value is -4.15. The highest BCUT2D eigenvalue weighted by atomic mass is 16.6. The van der Waals surface area contributed by atoms with Gasteiger partial charge in [-0.25, -0.2) is 9.89 Å². The maximum atomic E-state index is 11.9. The van der Waals surface area contributed by atoms with Crippen molar-refractivity contribution in [3.63, 3.8) is 0 Å². The molecule has 130 valence electrons. The SMILES string of the molecule is O=c1[nH]nc(-c2ccc([N+](=O)[O-])cc2)n1N=Cc1ccc([N+](=O)[O-])cc1. The molecule has 0 saturated heterocycles. The van der Waals surface area contributed by atoms with Crippen LogP contribution in [0.3, 0.4) is 0 Å². The second kappa shape index (κ2) is 6.76. The molecular formula is C15H10N6O5. The van der Waals surface area contributed by atoms with Gasteiger partial charge in [0.1, 0.15) is 0 Å². The number of nitro benzene ring substituents is 2. The summed E-state index contributed by atoms with van der Waals surface area (Å²) in [7, 11) is 0. The average molecular weight is 354 g/mol. The second-order valence-electron chi connectivity index (χ2n) is 5.06. The fourth-order valence-corrected chi connectivity index (χ4v) is 2.12. The lowest BCUT2D eigenvalue weighted by Gasteiger charge is -2.00. The molecular weight excluding hydrogens is 344 g/mol. The minimum atomic E-state index is -0.600. The van der Waals surface area contributed by atoms with Crippen molar-refractivity contribution in [1.82, 2.24) is 14.9 Å². The molecule has 26 heavy (non-hydrogen) atoms. The van der Waals surface area contributed by atoms with E-state index in [9.17, 15) is 25.0 Å². The number of benzene rings is 2. The lowest BCUT2D eigenvalue weighted by Crippen LogP contribution is -2.13. The first-order valence-corrected chi connectivity index (χ1v) is 7.17. The standard InChI is InChI=1S/C15H10N6O5/c22-15-18-17-14(11-3-7-13(8-4-11)21(25)26)19(15)16-9-10-1-5-12(6-2-10)20(23)24/h1-9H,(H,18,22). The Bertz CT molecular complexity index is 1050. The highest BCUT2D eigenvalue weighted by Crippen LogP contribution is 2.19. The van der Waals surface area contributed by atoms with Gasteiger partial charge >= 0.3 is 5.69 Å². The van der Waals surface area contributed by atoms with Crippen LogP contribution in [0.2, 0.25) is 0 Å². The van der Waals surface area contributed by atoms with Gasteiger partial charge in [-0.2, -0.15) is 14.9 Å². The smallest absolute Gasteiger partial charge is 0.258 e. The molecule has 0 radical (unpaired) electrons. The van der Waals surface area contributed by atoms with Crippen molar-refractivity contribution < 1.29 is 9.85 Å². The summed E-state index contributed by atoms with van der Waals surface area (Å²) < 4.78 is 0.989. The van der Waals surface area contributed by atoms with Crippen molar-refractivity contribution in [1.29, 1.82) is 0 Å². The first kappa shape index (κ1) is 16.7. The van der Waals surface area contributed by atoms with Crippen molar-refractivity contribution >= 4 is 17.6 Å². The van der Waals surface area contributed by atoms with Crippen LogP contribution in [0.5, 0.6) is 0 Å². The van der Waals surface area contributed by atoms with Crippen LogP contribution in [-0.4, -0.2) is 30.9 Å². The predicted octanol–water partition coefficient (Wildman–Crippen LogP) is 1.94. The molecule has 0 fully saturated rings. The van der Waals surface area contributed by atoms with Crippen LogP contribution in [0, 0.1) is 20.2 Å². The third kappa shape index (κ3) is 3.36. The van der Waals surface area contributed by atoms with Crippen LogP contribution in [0.15, 0.2) is 58.4 Å². The number of nitrogens with one attached hydrogen (secondary N) is 1. The lowest BCUT2D eigenvalue weighted by molar-refractivity contribution is -0.385. The number of aromatic nitrogens is 3. The molecule has 0 amide bonds. The number of aromatic amines is 1. The van der Waals surface area contributed by atoms with Crippen molar-refractivity contribution in [2.24, 2.45) is 5.10 Å². The van der Waals surface area contributed by atoms with Gasteiger partial charge in [0.05, 0.1) is 16.1 Å². The molecule has 0 unspecified atom stereocenters. The van der Waals surface area contributed by atoms with Crippen LogP contribution in [0.1, 0.15) is 5.56 Å². The second-order valence-corrected chi connectivity index (χ2v) is 5.06. The molecule has 0 aliphatic heterocycles. The molecule has 11 heteroatoms. The Morgan fingerprint density at radius 3 is 2.04 bits per heavy atom. The first-order chi connectivity index (χ1) is 12.5. The Labute approximate surface area is 144 Å². The molecule has 1 N–H and O–H groups in total. The van der Waals surface area contributed by atoms with E-state index >= 15 is 0 Å². The first-order valence-electron chi connectivity index (χ1n) is 7.17. The summed E-state index contributed by atoms with van der Waals surface area (Å²) in [6.45, 7) is 0. The average Bonchev–Trinajstić information content (AvgIpc) is 3.01. The zero-order valence-electron chi connectivity index (χ0n) is 13.0. The molecule has 11 nitrogen and oxygen atoms in total. The van der Waals surface area contributed by atoms with Crippen LogP contribution >= 0.6 is 0 Å². The molecule has 3 aromatic rings. The van der Waals surface area contributed by atoms with Crippen LogP contribution < -0.4 is 5.69 Å². The molecule has 0 bridgehead atoms. The number of hydrogen-bond donors (Lipinski definition) is 1. The molecule has 0 spiro atoms. The van der Waals surface area contributed by atoms with Gasteiger partial charge in [-0.1, -0.05) is 0 Å². The topological polar surface area (TPSA) is 149 Å². The molecule has 0 aliphatic carbocycles. The molecule has 0 aliphatic rings. The number of hydrogen-bond acceptors (Lipinski definition) is 7. The van der Waals surface area contributed by atoms with Gasteiger partial charge < -0.3 is 0 Å². The van der Waals surface area contributed by atoms with Gasteiger partial charge in [-0.3, -0.25) is 20.2 Å². The van der Waals surface area contributed by atoms with E-state index in [1.54, 1.807) is 0 Å². The van der Waals surface area contributed by atoms with Crippen LogP contribution in [0.25, 0.3) is 11.4 Å². The molecule has 1 heterocycles. The third-order valence-electron chi connectivity index (χ3n) is 3.41.